The maximum absolute atomic E-state index is 12.2. The van der Waals surface area contributed by atoms with E-state index >= 15 is 0 Å². The van der Waals surface area contributed by atoms with Crippen molar-refractivity contribution in [2.75, 3.05) is 13.2 Å². The minimum absolute atomic E-state index is 0.0275. The first-order valence-corrected chi connectivity index (χ1v) is 9.41. The molecule has 0 saturated carbocycles. The third-order valence-corrected chi connectivity index (χ3v) is 5.03. The van der Waals surface area contributed by atoms with E-state index in [4.69, 9.17) is 9.47 Å². The SMILES string of the molecule is CC1=CCCC(C(=O)OCC(C)(C)COC(=O)C2CCC=C(C)C2)C1. The van der Waals surface area contributed by atoms with Gasteiger partial charge in [-0.05, 0) is 52.4 Å². The van der Waals surface area contributed by atoms with Gasteiger partial charge in [-0.3, -0.25) is 9.59 Å². The average Bonchev–Trinajstić information content (AvgIpc) is 2.58. The molecular weight excluding hydrogens is 316 g/mol. The summed E-state index contributed by atoms with van der Waals surface area (Å²) in [5.41, 5.74) is 2.15. The summed E-state index contributed by atoms with van der Waals surface area (Å²) in [4.78, 5) is 24.5. The van der Waals surface area contributed by atoms with E-state index in [9.17, 15) is 9.59 Å². The molecule has 2 aliphatic carbocycles. The molecule has 0 fully saturated rings. The van der Waals surface area contributed by atoms with Crippen LogP contribution in [0.4, 0.5) is 0 Å². The minimum atomic E-state index is -0.371. The van der Waals surface area contributed by atoms with E-state index < -0.39 is 0 Å². The molecule has 2 unspecified atom stereocenters. The molecule has 0 saturated heterocycles. The van der Waals surface area contributed by atoms with Crippen LogP contribution in [0.2, 0.25) is 0 Å². The maximum Gasteiger partial charge on any atom is 0.309 e. The lowest BCUT2D eigenvalue weighted by Gasteiger charge is -2.27. The number of hydrogen-bond acceptors (Lipinski definition) is 4. The van der Waals surface area contributed by atoms with Gasteiger partial charge in [-0.1, -0.05) is 37.1 Å². The fourth-order valence-electron chi connectivity index (χ4n) is 3.42. The molecule has 0 radical (unpaired) electrons. The first-order valence-electron chi connectivity index (χ1n) is 9.41. The Kier molecular flexibility index (Phi) is 6.86. The Hall–Kier alpha value is -1.58. The van der Waals surface area contributed by atoms with Crippen LogP contribution in [0.3, 0.4) is 0 Å². The quantitative estimate of drug-likeness (QED) is 0.520. The zero-order valence-electron chi connectivity index (χ0n) is 16.1. The van der Waals surface area contributed by atoms with Crippen molar-refractivity contribution in [3.63, 3.8) is 0 Å². The van der Waals surface area contributed by atoms with Crippen LogP contribution < -0.4 is 0 Å². The normalized spacial score (nSPS) is 24.2. The van der Waals surface area contributed by atoms with E-state index in [1.54, 1.807) is 0 Å². The van der Waals surface area contributed by atoms with Crippen LogP contribution in [0.1, 0.15) is 66.2 Å². The van der Waals surface area contributed by atoms with Gasteiger partial charge in [-0.25, -0.2) is 0 Å². The van der Waals surface area contributed by atoms with Gasteiger partial charge in [0.15, 0.2) is 0 Å². The molecule has 0 bridgehead atoms. The first kappa shape index (κ1) is 19.7. The van der Waals surface area contributed by atoms with Crippen LogP contribution in [0.5, 0.6) is 0 Å². The summed E-state index contributed by atoms with van der Waals surface area (Å²) in [6.07, 6.45) is 9.58. The molecule has 0 aliphatic heterocycles. The van der Waals surface area contributed by atoms with E-state index in [-0.39, 0.29) is 42.4 Å². The van der Waals surface area contributed by atoms with Gasteiger partial charge in [0.25, 0.3) is 0 Å². The summed E-state index contributed by atoms with van der Waals surface area (Å²) in [5.74, 6) is -0.305. The van der Waals surface area contributed by atoms with Crippen molar-refractivity contribution in [3.05, 3.63) is 23.3 Å². The third kappa shape index (κ3) is 6.33. The van der Waals surface area contributed by atoms with Gasteiger partial charge < -0.3 is 9.47 Å². The van der Waals surface area contributed by atoms with Crippen molar-refractivity contribution in [1.29, 1.82) is 0 Å². The topological polar surface area (TPSA) is 52.6 Å². The Morgan fingerprint density at radius 3 is 1.68 bits per heavy atom. The number of esters is 2. The molecule has 4 nitrogen and oxygen atoms in total. The lowest BCUT2D eigenvalue weighted by atomic mass is 9.89. The predicted octanol–water partition coefficient (Wildman–Crippen LogP) is 4.59. The fourth-order valence-corrected chi connectivity index (χ4v) is 3.42. The number of hydrogen-bond donors (Lipinski definition) is 0. The summed E-state index contributed by atoms with van der Waals surface area (Å²) in [6, 6.07) is 0. The number of allylic oxidation sites excluding steroid dienone is 4. The van der Waals surface area contributed by atoms with Crippen LogP contribution >= 0.6 is 0 Å². The Balaban J connectivity index is 1.73. The van der Waals surface area contributed by atoms with Crippen molar-refractivity contribution in [3.8, 4) is 0 Å². The van der Waals surface area contributed by atoms with E-state index in [1.807, 2.05) is 13.8 Å². The second-order valence-electron chi connectivity index (χ2n) is 8.44. The molecule has 2 aliphatic rings. The van der Waals surface area contributed by atoms with Crippen molar-refractivity contribution >= 4 is 11.9 Å². The highest BCUT2D eigenvalue weighted by Crippen LogP contribution is 2.27. The van der Waals surface area contributed by atoms with Crippen molar-refractivity contribution in [2.24, 2.45) is 17.3 Å². The molecule has 0 aromatic heterocycles. The number of carbonyl (C=O) groups is 2. The van der Waals surface area contributed by atoms with Gasteiger partial charge in [0.2, 0.25) is 0 Å². The van der Waals surface area contributed by atoms with Crippen LogP contribution in [-0.4, -0.2) is 25.2 Å². The van der Waals surface area contributed by atoms with Crippen LogP contribution in [0.25, 0.3) is 0 Å². The van der Waals surface area contributed by atoms with Crippen LogP contribution in [0.15, 0.2) is 23.3 Å². The molecule has 0 amide bonds. The molecule has 0 spiro atoms. The van der Waals surface area contributed by atoms with E-state index in [2.05, 4.69) is 26.0 Å². The van der Waals surface area contributed by atoms with Crippen LogP contribution in [-0.2, 0) is 19.1 Å². The lowest BCUT2D eigenvalue weighted by molar-refractivity contribution is -0.158. The van der Waals surface area contributed by atoms with Gasteiger partial charge in [-0.2, -0.15) is 0 Å². The highest BCUT2D eigenvalue weighted by molar-refractivity contribution is 5.73. The smallest absolute Gasteiger partial charge is 0.309 e. The molecule has 0 N–H and O–H groups in total. The molecule has 0 aromatic rings. The van der Waals surface area contributed by atoms with Gasteiger partial charge in [-0.15, -0.1) is 0 Å². The number of carbonyl (C=O) groups excluding carboxylic acids is 2. The zero-order chi connectivity index (χ0) is 18.4. The Labute approximate surface area is 151 Å². The first-order chi connectivity index (χ1) is 11.8. The maximum atomic E-state index is 12.2. The highest BCUT2D eigenvalue weighted by Gasteiger charge is 2.29. The average molecular weight is 348 g/mol. The standard InChI is InChI=1S/C21H32O4/c1-15-7-5-9-17(11-15)19(22)24-13-21(3,4)14-25-20(23)18-10-6-8-16(2)12-18/h7-8,17-18H,5-6,9-14H2,1-4H3. The Bertz CT molecular complexity index is 508. The summed E-state index contributed by atoms with van der Waals surface area (Å²) >= 11 is 0. The molecular formula is C21H32O4. The summed E-state index contributed by atoms with van der Waals surface area (Å²) in [7, 11) is 0. The van der Waals surface area contributed by atoms with Crippen LogP contribution in [0, 0.1) is 17.3 Å². The van der Waals surface area contributed by atoms with Gasteiger partial charge in [0.1, 0.15) is 0 Å². The van der Waals surface area contributed by atoms with Gasteiger partial charge >= 0.3 is 11.9 Å². The summed E-state index contributed by atoms with van der Waals surface area (Å²) in [6.45, 7) is 8.61. The second-order valence-corrected chi connectivity index (χ2v) is 8.44. The summed E-state index contributed by atoms with van der Waals surface area (Å²) < 4.78 is 11.0. The number of rotatable bonds is 6. The minimum Gasteiger partial charge on any atom is -0.465 e. The largest absolute Gasteiger partial charge is 0.465 e. The second kappa shape index (κ2) is 8.68. The van der Waals surface area contributed by atoms with E-state index in [0.717, 1.165) is 38.5 Å². The lowest BCUT2D eigenvalue weighted by Crippen LogP contribution is -2.32. The molecule has 2 rings (SSSR count). The highest BCUT2D eigenvalue weighted by atomic mass is 16.5. The van der Waals surface area contributed by atoms with Gasteiger partial charge in [0.05, 0.1) is 25.0 Å². The van der Waals surface area contributed by atoms with Crippen molar-refractivity contribution in [1.82, 2.24) is 0 Å². The zero-order valence-corrected chi connectivity index (χ0v) is 16.1. The van der Waals surface area contributed by atoms with E-state index in [1.165, 1.54) is 11.1 Å². The monoisotopic (exact) mass is 348 g/mol. The fraction of sp³-hybridized carbons (Fsp3) is 0.714. The summed E-state index contributed by atoms with van der Waals surface area (Å²) in [5, 5.41) is 0. The molecule has 0 aromatic carbocycles. The number of ether oxygens (including phenoxy) is 2. The molecule has 2 atom stereocenters. The molecule has 25 heavy (non-hydrogen) atoms. The van der Waals surface area contributed by atoms with Gasteiger partial charge in [0, 0.05) is 5.41 Å². The Morgan fingerprint density at radius 1 is 0.920 bits per heavy atom. The Morgan fingerprint density at radius 2 is 1.32 bits per heavy atom. The van der Waals surface area contributed by atoms with E-state index in [0.29, 0.717) is 0 Å². The predicted molar refractivity (Wildman–Crippen MR) is 97.9 cm³/mol. The molecule has 0 heterocycles. The third-order valence-electron chi connectivity index (χ3n) is 5.03. The van der Waals surface area contributed by atoms with Crippen molar-refractivity contribution in [2.45, 2.75) is 66.2 Å². The van der Waals surface area contributed by atoms with Crippen molar-refractivity contribution < 1.29 is 19.1 Å². The molecule has 140 valence electrons. The molecule has 4 heteroatoms.